The van der Waals surface area contributed by atoms with Crippen LogP contribution in [0, 0.1) is 0 Å². The molecular weight excluding hydrogens is 360 g/mol. The van der Waals surface area contributed by atoms with E-state index in [2.05, 4.69) is 25.3 Å². The fourth-order valence-electron chi connectivity index (χ4n) is 2.95. The molecule has 8 heteroatoms. The second-order valence-corrected chi connectivity index (χ2v) is 6.77. The average molecular weight is 372 g/mol. The Morgan fingerprint density at radius 1 is 1.07 bits per heavy atom. The first-order chi connectivity index (χ1) is 13.3. The lowest BCUT2D eigenvalue weighted by Crippen LogP contribution is -2.14. The average Bonchev–Trinajstić information content (AvgIpc) is 3.39. The van der Waals surface area contributed by atoms with Crippen molar-refractivity contribution in [3.05, 3.63) is 66.1 Å². The zero-order valence-corrected chi connectivity index (χ0v) is 14.7. The number of aromatic amines is 1. The van der Waals surface area contributed by atoms with Crippen LogP contribution in [0.5, 0.6) is 0 Å². The molecule has 0 unspecified atom stereocenters. The first kappa shape index (κ1) is 15.6. The molecule has 0 bridgehead atoms. The van der Waals surface area contributed by atoms with Gasteiger partial charge < -0.3 is 10.3 Å². The van der Waals surface area contributed by atoms with Gasteiger partial charge in [0, 0.05) is 5.39 Å². The van der Waals surface area contributed by atoms with Crippen molar-refractivity contribution in [2.75, 3.05) is 5.32 Å². The second-order valence-electron chi connectivity index (χ2n) is 5.83. The lowest BCUT2D eigenvalue weighted by atomic mass is 10.1. The number of pyridine rings is 1. The van der Waals surface area contributed by atoms with Gasteiger partial charge in [0.1, 0.15) is 11.8 Å². The van der Waals surface area contributed by atoms with Gasteiger partial charge in [0.2, 0.25) is 0 Å². The zero-order valence-electron chi connectivity index (χ0n) is 13.9. The molecule has 0 atom stereocenters. The summed E-state index contributed by atoms with van der Waals surface area (Å²) in [6.45, 7) is 0. The van der Waals surface area contributed by atoms with E-state index in [0.29, 0.717) is 22.5 Å². The Kier molecular flexibility index (Phi) is 3.61. The molecule has 7 nitrogen and oxygen atoms in total. The summed E-state index contributed by atoms with van der Waals surface area (Å²) in [5.41, 5.74) is 3.16. The highest BCUT2D eigenvalue weighted by atomic mass is 32.1. The molecule has 0 saturated carbocycles. The molecule has 0 spiro atoms. The van der Waals surface area contributed by atoms with Crippen LogP contribution in [0.4, 0.5) is 5.82 Å². The molecule has 27 heavy (non-hydrogen) atoms. The lowest BCUT2D eigenvalue weighted by molar-refractivity contribution is 0.102. The molecule has 1 amide bonds. The molecule has 5 aromatic rings. The summed E-state index contributed by atoms with van der Waals surface area (Å²) in [4.78, 5) is 34.1. The van der Waals surface area contributed by atoms with Crippen LogP contribution in [-0.2, 0) is 0 Å². The molecule has 4 aromatic heterocycles. The molecule has 0 aliphatic heterocycles. The third kappa shape index (κ3) is 2.72. The number of nitrogens with one attached hydrogen (secondary N) is 2. The number of thiophene rings is 1. The van der Waals surface area contributed by atoms with Gasteiger partial charge in [0.15, 0.2) is 11.5 Å². The van der Waals surface area contributed by atoms with Crippen molar-refractivity contribution in [2.45, 2.75) is 0 Å². The first-order valence-electron chi connectivity index (χ1n) is 8.19. The summed E-state index contributed by atoms with van der Waals surface area (Å²) in [6, 6.07) is 13.4. The van der Waals surface area contributed by atoms with E-state index in [4.69, 9.17) is 4.98 Å². The number of amides is 1. The number of nitrogens with zero attached hydrogens (tertiary/aromatic N) is 4. The van der Waals surface area contributed by atoms with E-state index < -0.39 is 0 Å². The van der Waals surface area contributed by atoms with Crippen LogP contribution >= 0.6 is 11.3 Å². The summed E-state index contributed by atoms with van der Waals surface area (Å²) in [5.74, 6) is 0.127. The topological polar surface area (TPSA) is 96.5 Å². The summed E-state index contributed by atoms with van der Waals surface area (Å²) >= 11 is 1.58. The molecule has 0 saturated heterocycles. The number of anilines is 1. The monoisotopic (exact) mass is 372 g/mol. The molecule has 0 radical (unpaired) electrons. The number of hydrogen-bond acceptors (Lipinski definition) is 6. The van der Waals surface area contributed by atoms with Crippen LogP contribution in [0.25, 0.3) is 32.6 Å². The Labute approximate surface area is 157 Å². The van der Waals surface area contributed by atoms with Gasteiger partial charge in [-0.3, -0.25) is 4.79 Å². The van der Waals surface area contributed by atoms with Gasteiger partial charge in [-0.15, -0.1) is 11.3 Å². The predicted molar refractivity (Wildman–Crippen MR) is 105 cm³/mol. The minimum absolute atomic E-state index is 0.263. The van der Waals surface area contributed by atoms with Crippen LogP contribution in [-0.4, -0.2) is 30.8 Å². The van der Waals surface area contributed by atoms with E-state index in [1.54, 1.807) is 11.3 Å². The number of imidazole rings is 1. The van der Waals surface area contributed by atoms with E-state index in [-0.39, 0.29) is 5.91 Å². The van der Waals surface area contributed by atoms with Gasteiger partial charge in [-0.2, -0.15) is 0 Å². The molecule has 0 aliphatic rings. The number of para-hydroxylation sites is 1. The first-order valence-corrected chi connectivity index (χ1v) is 9.06. The summed E-state index contributed by atoms with van der Waals surface area (Å²) in [7, 11) is 0. The highest BCUT2D eigenvalue weighted by Crippen LogP contribution is 2.28. The van der Waals surface area contributed by atoms with Crippen molar-refractivity contribution in [2.24, 2.45) is 0 Å². The number of H-pyrrole nitrogens is 1. The number of carbonyl (C=O) groups excluding carboxylic acids is 1. The molecule has 1 aromatic carbocycles. The van der Waals surface area contributed by atoms with Crippen LogP contribution in [0.15, 0.2) is 60.5 Å². The number of fused-ring (bicyclic) bond motifs is 2. The fraction of sp³-hybridized carbons (Fsp3) is 0. The molecule has 0 fully saturated rings. The van der Waals surface area contributed by atoms with Crippen LogP contribution < -0.4 is 5.32 Å². The SMILES string of the molecule is O=C(Nc1ncnc2nc[nH]c12)c1cc(-c2cccs2)nc2ccccc12. The highest BCUT2D eigenvalue weighted by molar-refractivity contribution is 7.13. The van der Waals surface area contributed by atoms with Gasteiger partial charge in [0.25, 0.3) is 5.91 Å². The quantitative estimate of drug-likeness (QED) is 0.501. The maximum atomic E-state index is 13.1. The van der Waals surface area contributed by atoms with Gasteiger partial charge in [-0.05, 0) is 23.6 Å². The third-order valence-corrected chi connectivity index (χ3v) is 5.08. The summed E-state index contributed by atoms with van der Waals surface area (Å²) < 4.78 is 0. The molecule has 0 aliphatic carbocycles. The number of rotatable bonds is 3. The fourth-order valence-corrected chi connectivity index (χ4v) is 3.63. The maximum Gasteiger partial charge on any atom is 0.257 e. The number of carbonyl (C=O) groups is 1. The molecule has 2 N–H and O–H groups in total. The molecular formula is C19H12N6OS. The number of hydrogen-bond donors (Lipinski definition) is 2. The molecule has 5 rings (SSSR count). The smallest absolute Gasteiger partial charge is 0.257 e. The van der Waals surface area contributed by atoms with Gasteiger partial charge in [0.05, 0.1) is 28.0 Å². The Balaban J connectivity index is 1.63. The second kappa shape index (κ2) is 6.26. The van der Waals surface area contributed by atoms with Crippen molar-refractivity contribution >= 4 is 45.1 Å². The van der Waals surface area contributed by atoms with Gasteiger partial charge >= 0.3 is 0 Å². The van der Waals surface area contributed by atoms with Gasteiger partial charge in [-0.1, -0.05) is 24.3 Å². The highest BCUT2D eigenvalue weighted by Gasteiger charge is 2.16. The van der Waals surface area contributed by atoms with Crippen molar-refractivity contribution in [1.82, 2.24) is 24.9 Å². The normalized spacial score (nSPS) is 11.1. The summed E-state index contributed by atoms with van der Waals surface area (Å²) in [6.07, 6.45) is 2.90. The van der Waals surface area contributed by atoms with E-state index >= 15 is 0 Å². The minimum atomic E-state index is -0.263. The predicted octanol–water partition coefficient (Wildman–Crippen LogP) is 3.88. The molecule has 4 heterocycles. The van der Waals surface area contributed by atoms with Gasteiger partial charge in [-0.25, -0.2) is 19.9 Å². The minimum Gasteiger partial charge on any atom is -0.340 e. The van der Waals surface area contributed by atoms with Crippen LogP contribution in [0.2, 0.25) is 0 Å². The Hall–Kier alpha value is -3.65. The van der Waals surface area contributed by atoms with Crippen molar-refractivity contribution in [1.29, 1.82) is 0 Å². The van der Waals surface area contributed by atoms with Crippen LogP contribution in [0.3, 0.4) is 0 Å². The number of benzene rings is 1. The van der Waals surface area contributed by atoms with E-state index in [1.807, 2.05) is 47.8 Å². The Bertz CT molecular complexity index is 1280. The standard InChI is InChI=1S/C19H12N6OS/c26-19(25-18-16-17(21-9-20-16)22-10-23-18)12-8-14(15-6-3-7-27-15)24-13-5-2-1-4-11(12)13/h1-10H,(H2,20,21,22,23,25,26). The van der Waals surface area contributed by atoms with E-state index in [1.165, 1.54) is 12.7 Å². The van der Waals surface area contributed by atoms with Crippen molar-refractivity contribution < 1.29 is 4.79 Å². The number of aromatic nitrogens is 5. The largest absolute Gasteiger partial charge is 0.340 e. The Morgan fingerprint density at radius 3 is 2.89 bits per heavy atom. The summed E-state index contributed by atoms with van der Waals surface area (Å²) in [5, 5.41) is 5.64. The van der Waals surface area contributed by atoms with E-state index in [0.717, 1.165) is 21.5 Å². The van der Waals surface area contributed by atoms with Crippen molar-refractivity contribution in [3.63, 3.8) is 0 Å². The zero-order chi connectivity index (χ0) is 18.2. The lowest BCUT2D eigenvalue weighted by Gasteiger charge is -2.10. The van der Waals surface area contributed by atoms with Crippen LogP contribution in [0.1, 0.15) is 10.4 Å². The molecule has 130 valence electrons. The third-order valence-electron chi connectivity index (χ3n) is 4.19. The Morgan fingerprint density at radius 2 is 2.00 bits per heavy atom. The van der Waals surface area contributed by atoms with Crippen molar-refractivity contribution in [3.8, 4) is 10.6 Å². The maximum absolute atomic E-state index is 13.1. The van der Waals surface area contributed by atoms with E-state index in [9.17, 15) is 4.79 Å².